The van der Waals surface area contributed by atoms with Gasteiger partial charge in [-0.05, 0) is 42.8 Å². The second kappa shape index (κ2) is 7.32. The van der Waals surface area contributed by atoms with E-state index < -0.39 is 0 Å². The summed E-state index contributed by atoms with van der Waals surface area (Å²) in [5.41, 5.74) is 8.71. The molecule has 2 aromatic carbocycles. The van der Waals surface area contributed by atoms with Gasteiger partial charge in [-0.15, -0.1) is 0 Å². The maximum atomic E-state index is 8.86. The van der Waals surface area contributed by atoms with Gasteiger partial charge in [0.05, 0.1) is 11.6 Å². The monoisotopic (exact) mass is 265 g/mol. The van der Waals surface area contributed by atoms with Gasteiger partial charge in [0.25, 0.3) is 0 Å². The highest BCUT2D eigenvalue weighted by atomic mass is 15.1. The van der Waals surface area contributed by atoms with Crippen LogP contribution in [0.4, 0.5) is 5.69 Å². The van der Waals surface area contributed by atoms with Gasteiger partial charge in [0.1, 0.15) is 0 Å². The molecular weight excluding hydrogens is 246 g/mol. The molecule has 2 aromatic rings. The lowest BCUT2D eigenvalue weighted by atomic mass is 10.1. The van der Waals surface area contributed by atoms with Crippen molar-refractivity contribution in [3.05, 3.63) is 65.7 Å². The highest BCUT2D eigenvalue weighted by Gasteiger charge is 2.07. The van der Waals surface area contributed by atoms with Gasteiger partial charge in [-0.3, -0.25) is 0 Å². The summed E-state index contributed by atoms with van der Waals surface area (Å²) in [4.78, 5) is 2.29. The first-order chi connectivity index (χ1) is 9.83. The Balaban J connectivity index is 2.15. The Kier molecular flexibility index (Phi) is 5.16. The van der Waals surface area contributed by atoms with Crippen LogP contribution in [-0.2, 0) is 6.54 Å². The van der Waals surface area contributed by atoms with Crippen LogP contribution < -0.4 is 10.6 Å². The third-order valence-electron chi connectivity index (χ3n) is 3.21. The number of anilines is 1. The second-order valence-electron chi connectivity index (χ2n) is 4.71. The van der Waals surface area contributed by atoms with Crippen LogP contribution in [0.25, 0.3) is 0 Å². The largest absolute Gasteiger partial charge is 0.367 e. The first kappa shape index (κ1) is 14.1. The molecule has 3 heteroatoms. The highest BCUT2D eigenvalue weighted by Crippen LogP contribution is 2.18. The van der Waals surface area contributed by atoms with E-state index >= 15 is 0 Å². The second-order valence-corrected chi connectivity index (χ2v) is 4.71. The maximum absolute atomic E-state index is 8.86. The lowest BCUT2D eigenvalue weighted by Gasteiger charge is -2.25. The molecule has 2 N–H and O–H groups in total. The molecule has 102 valence electrons. The topological polar surface area (TPSA) is 53.0 Å². The summed E-state index contributed by atoms with van der Waals surface area (Å²) in [6.07, 6.45) is 0.951. The molecule has 20 heavy (non-hydrogen) atoms. The lowest BCUT2D eigenvalue weighted by molar-refractivity contribution is 0.736. The van der Waals surface area contributed by atoms with E-state index in [2.05, 4.69) is 35.2 Å². The summed E-state index contributed by atoms with van der Waals surface area (Å²) in [5, 5.41) is 8.86. The van der Waals surface area contributed by atoms with Crippen molar-refractivity contribution in [2.75, 3.05) is 18.0 Å². The minimum atomic E-state index is 0.682. The van der Waals surface area contributed by atoms with Crippen molar-refractivity contribution in [1.29, 1.82) is 5.26 Å². The Bertz CT molecular complexity index is 555. The molecule has 0 aliphatic carbocycles. The Morgan fingerprint density at radius 2 is 1.70 bits per heavy atom. The van der Waals surface area contributed by atoms with Crippen LogP contribution in [0.2, 0.25) is 0 Å². The summed E-state index contributed by atoms with van der Waals surface area (Å²) < 4.78 is 0. The number of benzene rings is 2. The number of nitrogens with zero attached hydrogens (tertiary/aromatic N) is 2. The van der Waals surface area contributed by atoms with E-state index in [0.717, 1.165) is 25.2 Å². The third kappa shape index (κ3) is 3.84. The zero-order valence-electron chi connectivity index (χ0n) is 11.5. The average molecular weight is 265 g/mol. The molecule has 0 aliphatic heterocycles. The quantitative estimate of drug-likeness (QED) is 0.873. The zero-order chi connectivity index (χ0) is 14.2. The third-order valence-corrected chi connectivity index (χ3v) is 3.21. The fourth-order valence-electron chi connectivity index (χ4n) is 2.13. The van der Waals surface area contributed by atoms with E-state index in [1.165, 1.54) is 5.56 Å². The predicted molar refractivity (Wildman–Crippen MR) is 82.3 cm³/mol. The number of rotatable bonds is 6. The fourth-order valence-corrected chi connectivity index (χ4v) is 2.13. The first-order valence-corrected chi connectivity index (χ1v) is 6.82. The van der Waals surface area contributed by atoms with Crippen LogP contribution in [0.1, 0.15) is 17.5 Å². The van der Waals surface area contributed by atoms with Crippen LogP contribution in [-0.4, -0.2) is 13.1 Å². The maximum Gasteiger partial charge on any atom is 0.0991 e. The van der Waals surface area contributed by atoms with Crippen molar-refractivity contribution in [3.63, 3.8) is 0 Å². The number of nitriles is 1. The van der Waals surface area contributed by atoms with E-state index in [-0.39, 0.29) is 0 Å². The van der Waals surface area contributed by atoms with Gasteiger partial charge in [-0.1, -0.05) is 30.3 Å². The molecule has 0 aromatic heterocycles. The van der Waals surface area contributed by atoms with Crippen molar-refractivity contribution in [3.8, 4) is 6.07 Å². The minimum absolute atomic E-state index is 0.682. The van der Waals surface area contributed by atoms with E-state index in [9.17, 15) is 0 Å². The van der Waals surface area contributed by atoms with Gasteiger partial charge in [0, 0.05) is 18.8 Å². The molecule has 0 fully saturated rings. The van der Waals surface area contributed by atoms with Crippen molar-refractivity contribution in [2.24, 2.45) is 5.73 Å². The lowest BCUT2D eigenvalue weighted by Crippen LogP contribution is -2.25. The van der Waals surface area contributed by atoms with E-state index in [1.54, 1.807) is 0 Å². The molecule has 0 radical (unpaired) electrons. The van der Waals surface area contributed by atoms with Crippen LogP contribution in [0.3, 0.4) is 0 Å². The normalized spacial score (nSPS) is 10.0. The first-order valence-electron chi connectivity index (χ1n) is 6.82. The van der Waals surface area contributed by atoms with Crippen molar-refractivity contribution in [1.82, 2.24) is 0 Å². The van der Waals surface area contributed by atoms with Crippen LogP contribution in [0, 0.1) is 11.3 Å². The van der Waals surface area contributed by atoms with Crippen LogP contribution >= 0.6 is 0 Å². The van der Waals surface area contributed by atoms with Crippen LogP contribution in [0.15, 0.2) is 54.6 Å². The molecule has 0 bridgehead atoms. The summed E-state index contributed by atoms with van der Waals surface area (Å²) in [7, 11) is 0. The molecule has 0 unspecified atom stereocenters. The van der Waals surface area contributed by atoms with Gasteiger partial charge >= 0.3 is 0 Å². The Labute approximate surface area is 120 Å². The smallest absolute Gasteiger partial charge is 0.0991 e. The van der Waals surface area contributed by atoms with Gasteiger partial charge < -0.3 is 10.6 Å². The van der Waals surface area contributed by atoms with Gasteiger partial charge in [0.2, 0.25) is 0 Å². The summed E-state index contributed by atoms with van der Waals surface area (Å²) in [5.74, 6) is 0. The Hall–Kier alpha value is -2.31. The van der Waals surface area contributed by atoms with E-state index in [0.29, 0.717) is 12.1 Å². The predicted octanol–water partition coefficient (Wildman–Crippen LogP) is 2.91. The Morgan fingerprint density at radius 1 is 1.00 bits per heavy atom. The number of nitrogens with two attached hydrogens (primary N) is 1. The van der Waals surface area contributed by atoms with Crippen molar-refractivity contribution >= 4 is 5.69 Å². The summed E-state index contributed by atoms with van der Waals surface area (Å²) in [6.45, 7) is 2.45. The molecule has 0 saturated heterocycles. The SMILES string of the molecule is N#Cc1ccc(N(CCCN)Cc2ccccc2)cc1. The molecule has 0 aliphatic rings. The van der Waals surface area contributed by atoms with E-state index in [4.69, 9.17) is 11.0 Å². The highest BCUT2D eigenvalue weighted by molar-refractivity contribution is 5.50. The van der Waals surface area contributed by atoms with Crippen LogP contribution in [0.5, 0.6) is 0 Å². The Morgan fingerprint density at radius 3 is 2.30 bits per heavy atom. The molecule has 0 amide bonds. The molecule has 0 spiro atoms. The molecule has 0 heterocycles. The van der Waals surface area contributed by atoms with Gasteiger partial charge in [-0.25, -0.2) is 0 Å². The summed E-state index contributed by atoms with van der Waals surface area (Å²) >= 11 is 0. The number of hydrogen-bond donors (Lipinski definition) is 1. The average Bonchev–Trinajstić information content (AvgIpc) is 2.52. The minimum Gasteiger partial charge on any atom is -0.367 e. The molecule has 0 atom stereocenters. The zero-order valence-corrected chi connectivity index (χ0v) is 11.5. The number of hydrogen-bond acceptors (Lipinski definition) is 3. The van der Waals surface area contributed by atoms with Crippen molar-refractivity contribution in [2.45, 2.75) is 13.0 Å². The van der Waals surface area contributed by atoms with Crippen molar-refractivity contribution < 1.29 is 0 Å². The summed E-state index contributed by atoms with van der Waals surface area (Å²) in [6, 6.07) is 20.2. The van der Waals surface area contributed by atoms with Gasteiger partial charge in [-0.2, -0.15) is 5.26 Å². The molecule has 3 nitrogen and oxygen atoms in total. The van der Waals surface area contributed by atoms with Gasteiger partial charge in [0.15, 0.2) is 0 Å². The molecule has 0 saturated carbocycles. The molecule has 2 rings (SSSR count). The standard InChI is InChI=1S/C17H19N3/c18-11-4-12-20(14-16-5-2-1-3-6-16)17-9-7-15(13-19)8-10-17/h1-3,5-10H,4,11-12,14,18H2. The molecular formula is C17H19N3. The fraction of sp³-hybridized carbons (Fsp3) is 0.235. The van der Waals surface area contributed by atoms with E-state index in [1.807, 2.05) is 30.3 Å².